The minimum atomic E-state index is 0.550. The molecule has 0 saturated carbocycles. The van der Waals surface area contributed by atoms with Gasteiger partial charge in [0.05, 0.1) is 0 Å². The molecule has 2 aromatic rings. The number of hydrogen-bond acceptors (Lipinski definition) is 5. The predicted octanol–water partition coefficient (Wildman–Crippen LogP) is 1.13. The minimum Gasteiger partial charge on any atom is -0.307 e. The quantitative estimate of drug-likeness (QED) is 0.562. The molecule has 0 aliphatic heterocycles. The summed E-state index contributed by atoms with van der Waals surface area (Å²) in [5, 5.41) is 0. The number of pyridine rings is 1. The summed E-state index contributed by atoms with van der Waals surface area (Å²) < 4.78 is 0. The molecule has 0 saturated heterocycles. The zero-order valence-electron chi connectivity index (χ0n) is 8.31. The van der Waals surface area contributed by atoms with Gasteiger partial charge in [0.2, 0.25) is 0 Å². The highest BCUT2D eigenvalue weighted by Crippen LogP contribution is 2.24. The third kappa shape index (κ3) is 1.77. The first-order chi connectivity index (χ1) is 7.33. The number of aromatic nitrogens is 3. The number of hydrogen-bond donors (Lipinski definition) is 2. The molecule has 0 fully saturated rings. The summed E-state index contributed by atoms with van der Waals surface area (Å²) in [7, 11) is 0. The summed E-state index contributed by atoms with van der Waals surface area (Å²) in [4.78, 5) is 12.4. The molecule has 0 atom stereocenters. The van der Waals surface area contributed by atoms with Crippen LogP contribution < -0.4 is 11.3 Å². The van der Waals surface area contributed by atoms with E-state index in [2.05, 4.69) is 20.4 Å². The minimum absolute atomic E-state index is 0.550. The molecule has 0 aliphatic carbocycles. The van der Waals surface area contributed by atoms with Gasteiger partial charge in [-0.3, -0.25) is 9.97 Å². The smallest absolute Gasteiger partial charge is 0.166 e. The van der Waals surface area contributed by atoms with Crippen molar-refractivity contribution in [3.8, 4) is 11.3 Å². The largest absolute Gasteiger partial charge is 0.307 e. The van der Waals surface area contributed by atoms with E-state index in [1.807, 2.05) is 13.0 Å². The van der Waals surface area contributed by atoms with E-state index >= 15 is 0 Å². The Kier molecular flexibility index (Phi) is 2.55. The number of hydrazine groups is 1. The highest BCUT2D eigenvalue weighted by molar-refractivity contribution is 5.72. The standard InChI is InChI=1S/C10H11N5/c1-7-2-3-12-6-8(7)9-10(15-11)14-5-4-13-9/h2-6H,11H2,1H3,(H,14,15). The Morgan fingerprint density at radius 3 is 2.73 bits per heavy atom. The molecule has 2 heterocycles. The maximum Gasteiger partial charge on any atom is 0.166 e. The van der Waals surface area contributed by atoms with Crippen LogP contribution in [0, 0.1) is 6.92 Å². The van der Waals surface area contributed by atoms with Gasteiger partial charge in [-0.2, -0.15) is 0 Å². The molecule has 15 heavy (non-hydrogen) atoms. The van der Waals surface area contributed by atoms with E-state index in [9.17, 15) is 0 Å². The lowest BCUT2D eigenvalue weighted by molar-refractivity contribution is 1.15. The second-order valence-electron chi connectivity index (χ2n) is 3.09. The van der Waals surface area contributed by atoms with Gasteiger partial charge in [0.15, 0.2) is 5.82 Å². The van der Waals surface area contributed by atoms with Crippen molar-refractivity contribution in [3.63, 3.8) is 0 Å². The van der Waals surface area contributed by atoms with Gasteiger partial charge in [-0.15, -0.1) is 0 Å². The van der Waals surface area contributed by atoms with E-state index in [4.69, 9.17) is 5.84 Å². The highest BCUT2D eigenvalue weighted by atomic mass is 15.3. The van der Waals surface area contributed by atoms with Crippen molar-refractivity contribution in [2.45, 2.75) is 6.92 Å². The van der Waals surface area contributed by atoms with Crippen molar-refractivity contribution < 1.29 is 0 Å². The van der Waals surface area contributed by atoms with Gasteiger partial charge in [0.25, 0.3) is 0 Å². The Morgan fingerprint density at radius 2 is 2.00 bits per heavy atom. The number of nitrogens with one attached hydrogen (secondary N) is 1. The van der Waals surface area contributed by atoms with Gasteiger partial charge >= 0.3 is 0 Å². The molecule has 2 rings (SSSR count). The van der Waals surface area contributed by atoms with Gasteiger partial charge in [0.1, 0.15) is 5.69 Å². The Bertz CT molecular complexity index is 469. The van der Waals surface area contributed by atoms with Crippen molar-refractivity contribution in [2.24, 2.45) is 5.84 Å². The fourth-order valence-corrected chi connectivity index (χ4v) is 1.35. The van der Waals surface area contributed by atoms with Crippen LogP contribution in [0.5, 0.6) is 0 Å². The number of nitrogen functional groups attached to an aromatic ring is 1. The lowest BCUT2D eigenvalue weighted by Crippen LogP contribution is -2.10. The molecular formula is C10H11N5. The van der Waals surface area contributed by atoms with Crippen LogP contribution >= 0.6 is 0 Å². The van der Waals surface area contributed by atoms with E-state index < -0.39 is 0 Å². The number of nitrogens with zero attached hydrogens (tertiary/aromatic N) is 3. The molecule has 5 nitrogen and oxygen atoms in total. The number of aryl methyl sites for hydroxylation is 1. The molecule has 76 valence electrons. The van der Waals surface area contributed by atoms with Crippen LogP contribution in [0.25, 0.3) is 11.3 Å². The highest BCUT2D eigenvalue weighted by Gasteiger charge is 2.08. The van der Waals surface area contributed by atoms with Crippen molar-refractivity contribution in [2.75, 3.05) is 5.43 Å². The van der Waals surface area contributed by atoms with Gasteiger partial charge in [-0.25, -0.2) is 10.8 Å². The van der Waals surface area contributed by atoms with E-state index in [1.54, 1.807) is 24.8 Å². The van der Waals surface area contributed by atoms with Crippen LogP contribution in [0.1, 0.15) is 5.56 Å². The molecule has 0 aromatic carbocycles. The lowest BCUT2D eigenvalue weighted by atomic mass is 10.1. The average molecular weight is 201 g/mol. The van der Waals surface area contributed by atoms with Crippen molar-refractivity contribution in [3.05, 3.63) is 36.4 Å². The Labute approximate surface area is 87.4 Å². The second kappa shape index (κ2) is 4.02. The third-order valence-electron chi connectivity index (χ3n) is 2.13. The normalized spacial score (nSPS) is 10.0. The summed E-state index contributed by atoms with van der Waals surface area (Å²) in [6.07, 6.45) is 6.71. The molecular weight excluding hydrogens is 190 g/mol. The fourth-order valence-electron chi connectivity index (χ4n) is 1.35. The molecule has 0 spiro atoms. The molecule has 0 aliphatic rings. The summed E-state index contributed by atoms with van der Waals surface area (Å²) in [6.45, 7) is 1.99. The van der Waals surface area contributed by atoms with Gasteiger partial charge < -0.3 is 5.43 Å². The Hall–Kier alpha value is -2.01. The maximum atomic E-state index is 5.37. The fraction of sp³-hybridized carbons (Fsp3) is 0.100. The topological polar surface area (TPSA) is 76.7 Å². The first-order valence-corrected chi connectivity index (χ1v) is 4.51. The first kappa shape index (κ1) is 9.54. The van der Waals surface area contributed by atoms with Gasteiger partial charge in [-0.05, 0) is 18.6 Å². The molecule has 0 amide bonds. The molecule has 3 N–H and O–H groups in total. The average Bonchev–Trinajstić information content (AvgIpc) is 2.30. The summed E-state index contributed by atoms with van der Waals surface area (Å²) in [5.41, 5.74) is 5.25. The Balaban J connectivity index is 2.59. The van der Waals surface area contributed by atoms with Crippen LogP contribution in [0.3, 0.4) is 0 Å². The summed E-state index contributed by atoms with van der Waals surface area (Å²) in [5.74, 6) is 5.91. The van der Waals surface area contributed by atoms with Crippen molar-refractivity contribution >= 4 is 5.82 Å². The number of anilines is 1. The zero-order valence-corrected chi connectivity index (χ0v) is 8.31. The molecule has 5 heteroatoms. The monoisotopic (exact) mass is 201 g/mol. The molecule has 2 aromatic heterocycles. The second-order valence-corrected chi connectivity index (χ2v) is 3.09. The zero-order chi connectivity index (χ0) is 10.7. The van der Waals surface area contributed by atoms with E-state index in [0.717, 1.165) is 11.1 Å². The lowest BCUT2D eigenvalue weighted by Gasteiger charge is -2.07. The van der Waals surface area contributed by atoms with Crippen LogP contribution in [-0.4, -0.2) is 15.0 Å². The van der Waals surface area contributed by atoms with Crippen molar-refractivity contribution in [1.82, 2.24) is 15.0 Å². The van der Waals surface area contributed by atoms with E-state index in [-0.39, 0.29) is 0 Å². The van der Waals surface area contributed by atoms with Crippen LogP contribution in [-0.2, 0) is 0 Å². The first-order valence-electron chi connectivity index (χ1n) is 4.51. The third-order valence-corrected chi connectivity index (χ3v) is 2.13. The molecule has 0 bridgehead atoms. The van der Waals surface area contributed by atoms with Crippen molar-refractivity contribution in [1.29, 1.82) is 0 Å². The van der Waals surface area contributed by atoms with Crippen LogP contribution in [0.2, 0.25) is 0 Å². The summed E-state index contributed by atoms with van der Waals surface area (Å²) in [6, 6.07) is 1.92. The van der Waals surface area contributed by atoms with E-state index in [0.29, 0.717) is 11.5 Å². The maximum absolute atomic E-state index is 5.37. The Morgan fingerprint density at radius 1 is 1.20 bits per heavy atom. The van der Waals surface area contributed by atoms with Crippen LogP contribution in [0.4, 0.5) is 5.82 Å². The van der Waals surface area contributed by atoms with Crippen LogP contribution in [0.15, 0.2) is 30.9 Å². The molecule has 0 unspecified atom stereocenters. The number of nitrogens with two attached hydrogens (primary N) is 1. The summed E-state index contributed by atoms with van der Waals surface area (Å²) >= 11 is 0. The van der Waals surface area contributed by atoms with E-state index in [1.165, 1.54) is 0 Å². The number of rotatable bonds is 2. The predicted molar refractivity (Wildman–Crippen MR) is 57.8 cm³/mol. The molecule has 0 radical (unpaired) electrons. The van der Waals surface area contributed by atoms with Gasteiger partial charge in [0, 0.05) is 30.4 Å². The SMILES string of the molecule is Cc1ccncc1-c1nccnc1NN. The van der Waals surface area contributed by atoms with Gasteiger partial charge in [-0.1, -0.05) is 0 Å².